The molecule has 6 nitrogen and oxygen atoms in total. The third kappa shape index (κ3) is 4.03. The van der Waals surface area contributed by atoms with Gasteiger partial charge >= 0.3 is 0 Å². The van der Waals surface area contributed by atoms with E-state index in [1.54, 1.807) is 28.9 Å². The van der Waals surface area contributed by atoms with Crippen molar-refractivity contribution in [3.05, 3.63) is 77.0 Å². The van der Waals surface area contributed by atoms with Gasteiger partial charge in [0.25, 0.3) is 0 Å². The number of nitrogens with zero attached hydrogens (tertiary/aromatic N) is 3. The van der Waals surface area contributed by atoms with Gasteiger partial charge in [-0.15, -0.1) is 0 Å². The number of aryl methyl sites for hydroxylation is 2. The number of nitrogens with one attached hydrogen (secondary N) is 1. The molecule has 4 aromatic rings. The van der Waals surface area contributed by atoms with E-state index in [1.807, 2.05) is 13.8 Å². The van der Waals surface area contributed by atoms with Crippen LogP contribution in [0.4, 0.5) is 14.5 Å². The van der Waals surface area contributed by atoms with Crippen LogP contribution in [-0.2, 0) is 11.2 Å². The van der Waals surface area contributed by atoms with Gasteiger partial charge < -0.3 is 10.1 Å². The lowest BCUT2D eigenvalue weighted by Crippen LogP contribution is -2.14. The van der Waals surface area contributed by atoms with E-state index in [-0.39, 0.29) is 23.8 Å². The standard InChI is InChI=1S/C24H22F2N4O2/c1-14-18(11-12-21(31)27-20-10-5-4-9-19(20)26)24(32-3)28-23-22(14)15(2)29-30(23)17-8-6-7-16(25)13-17/h4-10,13H,11-12H2,1-3H3,(H,27,31). The highest BCUT2D eigenvalue weighted by molar-refractivity contribution is 5.91. The Labute approximate surface area is 183 Å². The maximum atomic E-state index is 13.8. The van der Waals surface area contributed by atoms with Gasteiger partial charge in [-0.1, -0.05) is 18.2 Å². The molecule has 0 aliphatic carbocycles. The number of carbonyl (C=O) groups excluding carboxylic acids is 1. The molecule has 0 aliphatic heterocycles. The van der Waals surface area contributed by atoms with Crippen LogP contribution in [0.5, 0.6) is 5.88 Å². The van der Waals surface area contributed by atoms with Crippen molar-refractivity contribution in [3.8, 4) is 11.6 Å². The Morgan fingerprint density at radius 1 is 1.12 bits per heavy atom. The summed E-state index contributed by atoms with van der Waals surface area (Å²) in [5, 5.41) is 7.96. The molecule has 0 unspecified atom stereocenters. The van der Waals surface area contributed by atoms with Crippen LogP contribution < -0.4 is 10.1 Å². The minimum Gasteiger partial charge on any atom is -0.481 e. The molecule has 0 radical (unpaired) electrons. The Bertz CT molecular complexity index is 1320. The highest BCUT2D eigenvalue weighted by Crippen LogP contribution is 2.32. The number of carbonyl (C=O) groups is 1. The zero-order valence-corrected chi connectivity index (χ0v) is 17.9. The van der Waals surface area contributed by atoms with Crippen LogP contribution in [0.2, 0.25) is 0 Å². The van der Waals surface area contributed by atoms with E-state index in [1.165, 1.54) is 31.4 Å². The fraction of sp³-hybridized carbons (Fsp3) is 0.208. The van der Waals surface area contributed by atoms with Crippen LogP contribution in [0.25, 0.3) is 16.7 Å². The molecule has 0 saturated heterocycles. The minimum atomic E-state index is -0.488. The number of anilines is 1. The highest BCUT2D eigenvalue weighted by atomic mass is 19.1. The average molecular weight is 436 g/mol. The van der Waals surface area contributed by atoms with Crippen LogP contribution in [-0.4, -0.2) is 27.8 Å². The molecular formula is C24H22F2N4O2. The van der Waals surface area contributed by atoms with Crippen molar-refractivity contribution in [3.63, 3.8) is 0 Å². The number of amides is 1. The van der Waals surface area contributed by atoms with Gasteiger partial charge in [0, 0.05) is 17.4 Å². The van der Waals surface area contributed by atoms with Crippen molar-refractivity contribution >= 4 is 22.6 Å². The lowest BCUT2D eigenvalue weighted by atomic mass is 10.0. The van der Waals surface area contributed by atoms with Crippen LogP contribution in [0.15, 0.2) is 48.5 Å². The molecule has 164 valence electrons. The molecule has 1 N–H and O–H groups in total. The minimum absolute atomic E-state index is 0.121. The fourth-order valence-electron chi connectivity index (χ4n) is 3.80. The van der Waals surface area contributed by atoms with Crippen molar-refractivity contribution in [2.45, 2.75) is 26.7 Å². The molecule has 2 heterocycles. The van der Waals surface area contributed by atoms with Gasteiger partial charge in [-0.2, -0.15) is 10.1 Å². The summed E-state index contributed by atoms with van der Waals surface area (Å²) in [5.41, 5.74) is 3.61. The third-order valence-electron chi connectivity index (χ3n) is 5.33. The van der Waals surface area contributed by atoms with Crippen molar-refractivity contribution in [2.75, 3.05) is 12.4 Å². The largest absolute Gasteiger partial charge is 0.481 e. The van der Waals surface area contributed by atoms with Gasteiger partial charge in [0.05, 0.1) is 24.2 Å². The third-order valence-corrected chi connectivity index (χ3v) is 5.33. The predicted molar refractivity (Wildman–Crippen MR) is 118 cm³/mol. The molecule has 0 bridgehead atoms. The second kappa shape index (κ2) is 8.74. The zero-order valence-electron chi connectivity index (χ0n) is 17.9. The molecule has 8 heteroatoms. The number of hydrogen-bond donors (Lipinski definition) is 1. The monoisotopic (exact) mass is 436 g/mol. The zero-order chi connectivity index (χ0) is 22.8. The maximum Gasteiger partial charge on any atom is 0.224 e. The number of aromatic nitrogens is 3. The number of halogens is 2. The Balaban J connectivity index is 1.67. The number of rotatable bonds is 6. The number of fused-ring (bicyclic) bond motifs is 1. The first-order valence-corrected chi connectivity index (χ1v) is 10.1. The molecule has 0 aliphatic rings. The van der Waals surface area contributed by atoms with Gasteiger partial charge in [-0.05, 0) is 56.2 Å². The summed E-state index contributed by atoms with van der Waals surface area (Å²) in [4.78, 5) is 17.0. The van der Waals surface area contributed by atoms with E-state index in [2.05, 4.69) is 15.4 Å². The van der Waals surface area contributed by atoms with E-state index >= 15 is 0 Å². The van der Waals surface area contributed by atoms with Crippen LogP contribution in [0.1, 0.15) is 23.2 Å². The van der Waals surface area contributed by atoms with Crippen molar-refractivity contribution in [2.24, 2.45) is 0 Å². The number of benzene rings is 2. The van der Waals surface area contributed by atoms with E-state index in [9.17, 15) is 13.6 Å². The number of hydrogen-bond acceptors (Lipinski definition) is 4. The molecular weight excluding hydrogens is 414 g/mol. The summed E-state index contributed by atoms with van der Waals surface area (Å²) in [6.07, 6.45) is 0.471. The number of methoxy groups -OCH3 is 1. The van der Waals surface area contributed by atoms with Gasteiger partial charge in [-0.3, -0.25) is 4.79 Å². The summed E-state index contributed by atoms with van der Waals surface area (Å²) < 4.78 is 34.7. The molecule has 4 rings (SSSR count). The molecule has 32 heavy (non-hydrogen) atoms. The first-order valence-electron chi connectivity index (χ1n) is 10.1. The number of ether oxygens (including phenoxy) is 1. The van der Waals surface area contributed by atoms with Crippen LogP contribution in [0, 0.1) is 25.5 Å². The lowest BCUT2D eigenvalue weighted by Gasteiger charge is -2.13. The summed E-state index contributed by atoms with van der Waals surface area (Å²) in [5.74, 6) is -0.807. The Morgan fingerprint density at radius 3 is 2.62 bits per heavy atom. The normalized spacial score (nSPS) is 11.0. The van der Waals surface area contributed by atoms with Gasteiger partial charge in [-0.25, -0.2) is 13.5 Å². The van der Waals surface area contributed by atoms with Crippen molar-refractivity contribution in [1.29, 1.82) is 0 Å². The quantitative estimate of drug-likeness (QED) is 0.467. The van der Waals surface area contributed by atoms with Gasteiger partial charge in [0.1, 0.15) is 11.6 Å². The highest BCUT2D eigenvalue weighted by Gasteiger charge is 2.20. The summed E-state index contributed by atoms with van der Waals surface area (Å²) in [6, 6.07) is 12.1. The topological polar surface area (TPSA) is 69.0 Å². The van der Waals surface area contributed by atoms with E-state index in [0.29, 0.717) is 23.6 Å². The maximum absolute atomic E-state index is 13.8. The van der Waals surface area contributed by atoms with E-state index < -0.39 is 5.82 Å². The number of para-hydroxylation sites is 1. The second-order valence-corrected chi connectivity index (χ2v) is 7.43. The van der Waals surface area contributed by atoms with E-state index in [4.69, 9.17) is 4.74 Å². The van der Waals surface area contributed by atoms with Crippen LogP contribution in [0.3, 0.4) is 0 Å². The second-order valence-electron chi connectivity index (χ2n) is 7.43. The van der Waals surface area contributed by atoms with E-state index in [0.717, 1.165) is 22.2 Å². The summed E-state index contributed by atoms with van der Waals surface area (Å²) >= 11 is 0. The Hall–Kier alpha value is -3.81. The average Bonchev–Trinajstić information content (AvgIpc) is 3.11. The summed E-state index contributed by atoms with van der Waals surface area (Å²) in [7, 11) is 1.51. The molecule has 0 atom stereocenters. The number of pyridine rings is 1. The SMILES string of the molecule is COc1nc2c(c(C)nn2-c2cccc(F)c2)c(C)c1CCC(=O)Nc1ccccc1F. The first-order chi connectivity index (χ1) is 15.4. The molecule has 0 fully saturated rings. The van der Waals surface area contributed by atoms with Gasteiger partial charge in [0.15, 0.2) is 5.65 Å². The molecule has 0 saturated carbocycles. The van der Waals surface area contributed by atoms with Crippen LogP contribution >= 0.6 is 0 Å². The molecule has 2 aromatic carbocycles. The Kier molecular flexibility index (Phi) is 5.85. The smallest absolute Gasteiger partial charge is 0.224 e. The fourth-order valence-corrected chi connectivity index (χ4v) is 3.80. The molecule has 1 amide bonds. The van der Waals surface area contributed by atoms with Gasteiger partial charge in [0.2, 0.25) is 11.8 Å². The first kappa shape index (κ1) is 21.4. The van der Waals surface area contributed by atoms with Crippen molar-refractivity contribution in [1.82, 2.24) is 14.8 Å². The molecule has 0 spiro atoms. The summed E-state index contributed by atoms with van der Waals surface area (Å²) in [6.45, 7) is 3.77. The van der Waals surface area contributed by atoms with Crippen molar-refractivity contribution < 1.29 is 18.3 Å². The Morgan fingerprint density at radius 2 is 1.91 bits per heavy atom. The molecule has 2 aromatic heterocycles. The predicted octanol–water partition coefficient (Wildman–Crippen LogP) is 4.90. The lowest BCUT2D eigenvalue weighted by molar-refractivity contribution is -0.116.